The summed E-state index contributed by atoms with van der Waals surface area (Å²) < 4.78 is 10.9. The Labute approximate surface area is 400 Å². The Morgan fingerprint density at radius 1 is 0.557 bits per heavy atom. The molecule has 352 valence electrons. The van der Waals surface area contributed by atoms with E-state index in [0.29, 0.717) is 30.5 Å². The van der Waals surface area contributed by atoms with Gasteiger partial charge in [-0.1, -0.05) is 24.3 Å². The Balaban J connectivity index is 0.000000140. The predicted molar refractivity (Wildman–Crippen MR) is 270 cm³/mol. The molecule has 0 bridgehead atoms. The molecule has 10 heterocycles. The Kier molecular flexibility index (Phi) is 13.2. The number of hydrogen-bond donors (Lipinski definition) is 8. The van der Waals surface area contributed by atoms with Gasteiger partial charge >= 0.3 is 6.03 Å². The summed E-state index contributed by atoms with van der Waals surface area (Å²) in [5.74, 6) is 2.78. The van der Waals surface area contributed by atoms with E-state index in [-0.39, 0.29) is 6.03 Å². The number of pyridine rings is 2. The first-order chi connectivity index (χ1) is 34.4. The Bertz CT molecular complexity index is 3290. The van der Waals surface area contributed by atoms with E-state index in [9.17, 15) is 4.79 Å². The van der Waals surface area contributed by atoms with Crippen LogP contribution in [-0.4, -0.2) is 119 Å². The number of morpholine rings is 2. The second-order valence-corrected chi connectivity index (χ2v) is 16.1. The molecule has 2 fully saturated rings. The fourth-order valence-corrected chi connectivity index (χ4v) is 7.96. The zero-order valence-corrected chi connectivity index (χ0v) is 37.7. The number of hydrogen-bond acceptors (Lipinski definition) is 15. The number of anilines is 6. The molecule has 10 N–H and O–H groups in total. The van der Waals surface area contributed by atoms with E-state index in [1.807, 2.05) is 72.8 Å². The van der Waals surface area contributed by atoms with Crippen LogP contribution >= 0.6 is 0 Å². The van der Waals surface area contributed by atoms with Crippen LogP contribution in [0.1, 0.15) is 0 Å². The largest absolute Gasteiger partial charge is 0.399 e. The molecular formula is C49H48N18O3. The highest BCUT2D eigenvalue weighted by Gasteiger charge is 2.19. The van der Waals surface area contributed by atoms with Crippen molar-refractivity contribution in [3.63, 3.8) is 0 Å². The average molecular weight is 937 g/mol. The van der Waals surface area contributed by atoms with Gasteiger partial charge in [0, 0.05) is 97.0 Å². The number of carbonyl (C=O) groups excluding carboxylic acids is 1. The molecule has 2 aromatic carbocycles. The smallest absolute Gasteiger partial charge is 0.324 e. The van der Waals surface area contributed by atoms with Gasteiger partial charge < -0.3 is 46.0 Å². The molecule has 2 saturated heterocycles. The summed E-state index contributed by atoms with van der Waals surface area (Å²) >= 11 is 0. The van der Waals surface area contributed by atoms with Crippen molar-refractivity contribution in [2.45, 2.75) is 0 Å². The summed E-state index contributed by atoms with van der Waals surface area (Å²) in [5.41, 5.74) is 21.8. The number of aromatic nitrogens is 12. The molecule has 0 aliphatic carbocycles. The maximum absolute atomic E-state index is 12.5. The van der Waals surface area contributed by atoms with Crippen molar-refractivity contribution in [2.75, 3.05) is 84.5 Å². The van der Waals surface area contributed by atoms with E-state index in [4.69, 9.17) is 20.9 Å². The lowest BCUT2D eigenvalue weighted by Gasteiger charge is -2.27. The fraction of sp³-hybridized carbons (Fsp3) is 0.163. The molecule has 12 rings (SSSR count). The minimum Gasteiger partial charge on any atom is -0.399 e. The van der Waals surface area contributed by atoms with Crippen molar-refractivity contribution < 1.29 is 14.3 Å². The number of nitrogen functional groups attached to an aromatic ring is 2. The number of ether oxygens (including phenoxy) is 2. The standard InChI is InChI=1S/C25H23N9O2.C16H17N5O.C8H8N4/c35-25(31-22-13-21(32-33-22)17-2-1-7-26-14-17)29-18-5-3-16(4-6-18)20-12-19-23(30-20)27-15-28-24(19)34-8-10-36-11-9-34;17-12-3-1-11(2-4-12)14-9-13-15(20-14)18-10-19-16(13)21-5-7-22-8-6-21;9-8-4-7(11-12-8)6-2-1-3-10-5-6/h1-7,12-15H,8-11H2,(H,27,28,30)(H3,29,31,32,33,35);1-4,9-10H,5-8,17H2,(H,18,19,20);1-5H,(H3,9,11,12). The molecule has 0 radical (unpaired) electrons. The van der Waals surface area contributed by atoms with Crippen molar-refractivity contribution in [2.24, 2.45) is 0 Å². The molecular weight excluding hydrogens is 889 g/mol. The van der Waals surface area contributed by atoms with E-state index in [2.05, 4.69) is 92.8 Å². The summed E-state index contributed by atoms with van der Waals surface area (Å²) in [6, 6.07) is 30.2. The van der Waals surface area contributed by atoms with Gasteiger partial charge in [-0.3, -0.25) is 25.5 Å². The van der Waals surface area contributed by atoms with Crippen molar-refractivity contribution in [3.05, 3.63) is 135 Å². The Hall–Kier alpha value is -9.21. The lowest BCUT2D eigenvalue weighted by Crippen LogP contribution is -2.36. The van der Waals surface area contributed by atoms with Gasteiger partial charge in [-0.15, -0.1) is 0 Å². The molecule has 0 atom stereocenters. The maximum atomic E-state index is 12.5. The zero-order valence-electron chi connectivity index (χ0n) is 37.7. The minimum absolute atomic E-state index is 0.386. The topological polar surface area (TPSA) is 284 Å². The number of rotatable bonds is 8. The normalized spacial score (nSPS) is 13.5. The number of benzene rings is 2. The monoisotopic (exact) mass is 936 g/mol. The van der Waals surface area contributed by atoms with Crippen molar-refractivity contribution >= 4 is 62.7 Å². The van der Waals surface area contributed by atoms with Crippen LogP contribution in [-0.2, 0) is 9.47 Å². The molecule has 0 saturated carbocycles. The number of amides is 2. The number of H-pyrrole nitrogens is 4. The van der Waals surface area contributed by atoms with Gasteiger partial charge in [0.25, 0.3) is 0 Å². The van der Waals surface area contributed by atoms with Gasteiger partial charge in [0.15, 0.2) is 5.82 Å². The van der Waals surface area contributed by atoms with Crippen LogP contribution in [0.25, 0.3) is 67.1 Å². The summed E-state index contributed by atoms with van der Waals surface area (Å²) in [4.78, 5) is 49.5. The highest BCUT2D eigenvalue weighted by Crippen LogP contribution is 2.31. The van der Waals surface area contributed by atoms with E-state index >= 15 is 0 Å². The first-order valence-electron chi connectivity index (χ1n) is 22.4. The third-order valence-corrected chi connectivity index (χ3v) is 11.5. The van der Waals surface area contributed by atoms with Crippen LogP contribution < -0.4 is 31.9 Å². The molecule has 8 aromatic heterocycles. The number of urea groups is 1. The van der Waals surface area contributed by atoms with Gasteiger partial charge in [-0.25, -0.2) is 24.7 Å². The number of aromatic amines is 4. The van der Waals surface area contributed by atoms with Crippen LogP contribution in [0, 0.1) is 0 Å². The summed E-state index contributed by atoms with van der Waals surface area (Å²) in [5, 5.41) is 21.2. The predicted octanol–water partition coefficient (Wildman–Crippen LogP) is 6.99. The highest BCUT2D eigenvalue weighted by atomic mass is 16.5. The second-order valence-electron chi connectivity index (χ2n) is 16.1. The van der Waals surface area contributed by atoms with E-state index in [0.717, 1.165) is 124 Å². The number of fused-ring (bicyclic) bond motifs is 2. The minimum atomic E-state index is -0.386. The SMILES string of the molecule is Nc1cc(-c2cccnc2)[nH]n1.Nc1ccc(-c2cc3c(N4CCOCC4)ncnc3[nH]2)cc1.O=C(Nc1ccc(-c2cc3c(N4CCOCC4)ncnc3[nH]2)cc1)Nc1cc(-c2cccnc2)[nH]n1. The molecule has 10 aromatic rings. The van der Waals surface area contributed by atoms with Crippen LogP contribution in [0.15, 0.2) is 135 Å². The highest BCUT2D eigenvalue weighted by molar-refractivity contribution is 6.00. The van der Waals surface area contributed by atoms with Gasteiger partial charge in [-0.2, -0.15) is 10.2 Å². The van der Waals surface area contributed by atoms with Crippen molar-refractivity contribution in [1.82, 2.24) is 60.3 Å². The number of nitrogens with two attached hydrogens (primary N) is 2. The molecule has 2 aliphatic heterocycles. The van der Waals surface area contributed by atoms with E-state index < -0.39 is 0 Å². The van der Waals surface area contributed by atoms with Gasteiger partial charge in [0.1, 0.15) is 41.4 Å². The van der Waals surface area contributed by atoms with E-state index in [1.54, 1.807) is 49.6 Å². The van der Waals surface area contributed by atoms with Gasteiger partial charge in [0.2, 0.25) is 0 Å². The van der Waals surface area contributed by atoms with Crippen LogP contribution in [0.3, 0.4) is 0 Å². The molecule has 21 heteroatoms. The van der Waals surface area contributed by atoms with Crippen molar-refractivity contribution in [3.8, 4) is 45.0 Å². The lowest BCUT2D eigenvalue weighted by atomic mass is 10.1. The zero-order chi connectivity index (χ0) is 47.7. The summed E-state index contributed by atoms with van der Waals surface area (Å²) in [7, 11) is 0. The Morgan fingerprint density at radius 3 is 1.57 bits per heavy atom. The average Bonchev–Trinajstić information content (AvgIpc) is 4.25. The molecule has 0 unspecified atom stereocenters. The lowest BCUT2D eigenvalue weighted by molar-refractivity contribution is 0.122. The number of carbonyl (C=O) groups is 1. The maximum Gasteiger partial charge on any atom is 0.324 e. The van der Waals surface area contributed by atoms with Crippen molar-refractivity contribution in [1.29, 1.82) is 0 Å². The third kappa shape index (κ3) is 10.5. The number of nitrogens with one attached hydrogen (secondary N) is 6. The van der Waals surface area contributed by atoms with Crippen LogP contribution in [0.2, 0.25) is 0 Å². The molecule has 0 spiro atoms. The first-order valence-corrected chi connectivity index (χ1v) is 22.4. The molecule has 2 aliphatic rings. The summed E-state index contributed by atoms with van der Waals surface area (Å²) in [6.45, 7) is 6.17. The molecule has 21 nitrogen and oxygen atoms in total. The second kappa shape index (κ2) is 20.8. The number of nitrogens with zero attached hydrogens (tertiary/aromatic N) is 10. The van der Waals surface area contributed by atoms with Gasteiger partial charge in [0.05, 0.1) is 48.6 Å². The van der Waals surface area contributed by atoms with Gasteiger partial charge in [-0.05, 0) is 71.8 Å². The molecule has 2 amide bonds. The fourth-order valence-electron chi connectivity index (χ4n) is 7.96. The third-order valence-electron chi connectivity index (χ3n) is 11.5. The van der Waals surface area contributed by atoms with Crippen LogP contribution in [0.4, 0.5) is 39.4 Å². The molecule has 70 heavy (non-hydrogen) atoms. The summed E-state index contributed by atoms with van der Waals surface area (Å²) in [6.07, 6.45) is 10.1. The Morgan fingerprint density at radius 2 is 1.07 bits per heavy atom. The van der Waals surface area contributed by atoms with E-state index in [1.165, 1.54) is 0 Å². The first kappa shape index (κ1) is 44.6. The van der Waals surface area contributed by atoms with Crippen LogP contribution in [0.5, 0.6) is 0 Å². The quantitative estimate of drug-likeness (QED) is 0.0713.